The second-order valence-corrected chi connectivity index (χ2v) is 6.28. The summed E-state index contributed by atoms with van der Waals surface area (Å²) in [6.07, 6.45) is 5.13. The second-order valence-electron chi connectivity index (χ2n) is 6.28. The van der Waals surface area contributed by atoms with Crippen molar-refractivity contribution in [1.82, 2.24) is 15.2 Å². The van der Waals surface area contributed by atoms with E-state index in [4.69, 9.17) is 0 Å². The molecule has 1 heterocycles. The molecule has 0 aliphatic heterocycles. The van der Waals surface area contributed by atoms with Crippen molar-refractivity contribution in [2.45, 2.75) is 39.7 Å². The summed E-state index contributed by atoms with van der Waals surface area (Å²) in [5.41, 5.74) is 3.33. The number of likely N-dealkylation sites (N-methyl/N-ethyl adjacent to an activating group) is 1. The summed E-state index contributed by atoms with van der Waals surface area (Å²) in [5, 5.41) is 2.81. The number of carbonyl (C=O) groups excluding carboxylic acids is 2. The van der Waals surface area contributed by atoms with Crippen LogP contribution in [0.3, 0.4) is 0 Å². The summed E-state index contributed by atoms with van der Waals surface area (Å²) in [7, 11) is 0. The minimum atomic E-state index is -0.561. The van der Waals surface area contributed by atoms with Crippen molar-refractivity contribution in [1.29, 1.82) is 0 Å². The van der Waals surface area contributed by atoms with Gasteiger partial charge in [0, 0.05) is 25.5 Å². The second kappa shape index (κ2) is 9.70. The third-order valence-corrected chi connectivity index (χ3v) is 4.52. The van der Waals surface area contributed by atoms with Gasteiger partial charge in [0.25, 0.3) is 0 Å². The Labute approximate surface area is 155 Å². The zero-order valence-corrected chi connectivity index (χ0v) is 15.7. The van der Waals surface area contributed by atoms with Crippen molar-refractivity contribution in [3.63, 3.8) is 0 Å². The molecule has 0 spiro atoms. The topological polar surface area (TPSA) is 62.3 Å². The SMILES string of the molecule is CCc1ccc(C(C)NC(=O)C(=O)N(CC)CCc2ccncc2)cc1. The molecule has 26 heavy (non-hydrogen) atoms. The van der Waals surface area contributed by atoms with Crippen molar-refractivity contribution >= 4 is 11.8 Å². The molecular weight excluding hydrogens is 326 g/mol. The first-order chi connectivity index (χ1) is 12.5. The van der Waals surface area contributed by atoms with Crippen LogP contribution in [0.25, 0.3) is 0 Å². The van der Waals surface area contributed by atoms with Gasteiger partial charge in [-0.25, -0.2) is 0 Å². The van der Waals surface area contributed by atoms with Gasteiger partial charge in [0.2, 0.25) is 0 Å². The van der Waals surface area contributed by atoms with Crippen molar-refractivity contribution in [2.24, 2.45) is 0 Å². The van der Waals surface area contributed by atoms with Crippen molar-refractivity contribution in [2.75, 3.05) is 13.1 Å². The summed E-state index contributed by atoms with van der Waals surface area (Å²) in [4.78, 5) is 30.4. The molecule has 2 amide bonds. The first-order valence-electron chi connectivity index (χ1n) is 9.12. The molecule has 2 rings (SSSR count). The summed E-state index contributed by atoms with van der Waals surface area (Å²) < 4.78 is 0. The highest BCUT2D eigenvalue weighted by Gasteiger charge is 2.22. The van der Waals surface area contributed by atoms with Crippen LogP contribution in [-0.2, 0) is 22.4 Å². The van der Waals surface area contributed by atoms with Crippen molar-refractivity contribution in [3.05, 3.63) is 65.5 Å². The molecule has 0 aliphatic rings. The number of nitrogens with one attached hydrogen (secondary N) is 1. The molecule has 1 aromatic heterocycles. The van der Waals surface area contributed by atoms with Crippen LogP contribution in [0.1, 0.15) is 43.5 Å². The number of amides is 2. The average Bonchev–Trinajstić information content (AvgIpc) is 2.69. The van der Waals surface area contributed by atoms with E-state index in [2.05, 4.69) is 17.2 Å². The van der Waals surface area contributed by atoms with Crippen LogP contribution in [-0.4, -0.2) is 34.8 Å². The zero-order valence-electron chi connectivity index (χ0n) is 15.7. The zero-order chi connectivity index (χ0) is 18.9. The van der Waals surface area contributed by atoms with Crippen molar-refractivity contribution in [3.8, 4) is 0 Å². The van der Waals surface area contributed by atoms with Crippen LogP contribution >= 0.6 is 0 Å². The molecule has 1 atom stereocenters. The highest BCUT2D eigenvalue weighted by Crippen LogP contribution is 2.14. The van der Waals surface area contributed by atoms with Crippen LogP contribution in [0.4, 0.5) is 0 Å². The fourth-order valence-corrected chi connectivity index (χ4v) is 2.74. The molecule has 0 saturated heterocycles. The monoisotopic (exact) mass is 353 g/mol. The van der Waals surface area contributed by atoms with Crippen LogP contribution in [0.2, 0.25) is 0 Å². The van der Waals surface area contributed by atoms with Gasteiger partial charge >= 0.3 is 11.8 Å². The molecule has 1 N–H and O–H groups in total. The van der Waals surface area contributed by atoms with E-state index < -0.39 is 11.8 Å². The number of aromatic nitrogens is 1. The Hall–Kier alpha value is -2.69. The van der Waals surface area contributed by atoms with Gasteiger partial charge in [-0.1, -0.05) is 31.2 Å². The quantitative estimate of drug-likeness (QED) is 0.779. The molecule has 0 fully saturated rings. The molecule has 2 aromatic rings. The highest BCUT2D eigenvalue weighted by atomic mass is 16.2. The number of aryl methyl sites for hydroxylation is 1. The van der Waals surface area contributed by atoms with E-state index in [0.29, 0.717) is 19.5 Å². The lowest BCUT2D eigenvalue weighted by Crippen LogP contribution is -2.44. The lowest BCUT2D eigenvalue weighted by atomic mass is 10.0. The Morgan fingerprint density at radius 1 is 1.04 bits per heavy atom. The third-order valence-electron chi connectivity index (χ3n) is 4.52. The Morgan fingerprint density at radius 3 is 2.27 bits per heavy atom. The normalized spacial score (nSPS) is 11.7. The van der Waals surface area contributed by atoms with Crippen LogP contribution in [0.5, 0.6) is 0 Å². The summed E-state index contributed by atoms with van der Waals surface area (Å²) >= 11 is 0. The standard InChI is InChI=1S/C21H27N3O2/c1-4-17-6-8-19(9-7-17)16(3)23-20(25)21(26)24(5-2)15-12-18-10-13-22-14-11-18/h6-11,13-14,16H,4-5,12,15H2,1-3H3,(H,23,25). The summed E-state index contributed by atoms with van der Waals surface area (Å²) in [6, 6.07) is 11.7. The van der Waals surface area contributed by atoms with Crippen LogP contribution < -0.4 is 5.32 Å². The lowest BCUT2D eigenvalue weighted by molar-refractivity contribution is -0.146. The summed E-state index contributed by atoms with van der Waals surface area (Å²) in [6.45, 7) is 6.87. The highest BCUT2D eigenvalue weighted by molar-refractivity contribution is 6.35. The van der Waals surface area contributed by atoms with E-state index in [1.807, 2.05) is 50.2 Å². The fourth-order valence-electron chi connectivity index (χ4n) is 2.74. The maximum absolute atomic E-state index is 12.5. The molecule has 5 heteroatoms. The Balaban J connectivity index is 1.92. The minimum absolute atomic E-state index is 0.212. The van der Waals surface area contributed by atoms with Gasteiger partial charge in [0.1, 0.15) is 0 Å². The van der Waals surface area contributed by atoms with Gasteiger partial charge in [-0.05, 0) is 55.5 Å². The van der Waals surface area contributed by atoms with Gasteiger partial charge in [0.05, 0.1) is 6.04 Å². The maximum atomic E-state index is 12.5. The predicted molar refractivity (Wildman–Crippen MR) is 103 cm³/mol. The molecule has 5 nitrogen and oxygen atoms in total. The van der Waals surface area contributed by atoms with Gasteiger partial charge in [-0.2, -0.15) is 0 Å². The maximum Gasteiger partial charge on any atom is 0.311 e. The molecule has 0 bridgehead atoms. The van der Waals surface area contributed by atoms with Gasteiger partial charge in [0.15, 0.2) is 0 Å². The number of benzene rings is 1. The average molecular weight is 353 g/mol. The first-order valence-corrected chi connectivity index (χ1v) is 9.12. The molecular formula is C21H27N3O2. The number of rotatable bonds is 7. The van der Waals surface area contributed by atoms with Crippen molar-refractivity contribution < 1.29 is 9.59 Å². The molecule has 0 radical (unpaired) electrons. The van der Waals surface area contributed by atoms with Gasteiger partial charge < -0.3 is 10.2 Å². The van der Waals surface area contributed by atoms with E-state index in [0.717, 1.165) is 17.5 Å². The van der Waals surface area contributed by atoms with E-state index >= 15 is 0 Å². The summed E-state index contributed by atoms with van der Waals surface area (Å²) in [5.74, 6) is -1.05. The Kier molecular flexibility index (Phi) is 7.33. The molecule has 0 aliphatic carbocycles. The number of pyridine rings is 1. The van der Waals surface area contributed by atoms with E-state index in [-0.39, 0.29) is 6.04 Å². The lowest BCUT2D eigenvalue weighted by Gasteiger charge is -2.22. The largest absolute Gasteiger partial charge is 0.341 e. The Bertz CT molecular complexity index is 714. The van der Waals surface area contributed by atoms with Gasteiger partial charge in [-0.3, -0.25) is 14.6 Å². The van der Waals surface area contributed by atoms with E-state index in [1.165, 1.54) is 5.56 Å². The van der Waals surface area contributed by atoms with Crippen LogP contribution in [0, 0.1) is 0 Å². The molecule has 0 saturated carbocycles. The first kappa shape index (κ1) is 19.6. The third kappa shape index (κ3) is 5.41. The number of carbonyl (C=O) groups is 2. The number of nitrogens with zero attached hydrogens (tertiary/aromatic N) is 2. The van der Waals surface area contributed by atoms with E-state index in [9.17, 15) is 9.59 Å². The minimum Gasteiger partial charge on any atom is -0.341 e. The number of hydrogen-bond donors (Lipinski definition) is 1. The molecule has 1 aromatic carbocycles. The molecule has 138 valence electrons. The van der Waals surface area contributed by atoms with Crippen LogP contribution in [0.15, 0.2) is 48.8 Å². The predicted octanol–water partition coefficient (Wildman–Crippen LogP) is 2.91. The smallest absolute Gasteiger partial charge is 0.311 e. The fraction of sp³-hybridized carbons (Fsp3) is 0.381. The van der Waals surface area contributed by atoms with E-state index in [1.54, 1.807) is 17.3 Å². The number of hydrogen-bond acceptors (Lipinski definition) is 3. The van der Waals surface area contributed by atoms with Gasteiger partial charge in [-0.15, -0.1) is 0 Å². The Morgan fingerprint density at radius 2 is 1.69 bits per heavy atom. The molecule has 1 unspecified atom stereocenters.